The number of hydrogen-bond acceptors (Lipinski definition) is 5. The van der Waals surface area contributed by atoms with Crippen LogP contribution in [0, 0.1) is 0 Å². The van der Waals surface area contributed by atoms with Crippen LogP contribution in [0.15, 0.2) is 30.0 Å². The number of imide groups is 1. The van der Waals surface area contributed by atoms with Gasteiger partial charge in [0.2, 0.25) is 5.91 Å². The minimum absolute atomic E-state index is 0.0129. The monoisotopic (exact) mass is 424 g/mol. The van der Waals surface area contributed by atoms with Gasteiger partial charge in [0, 0.05) is 44.8 Å². The van der Waals surface area contributed by atoms with Gasteiger partial charge in [0.1, 0.15) is 5.70 Å². The largest absolute Gasteiger partial charge is 0.364 e. The number of anilines is 1. The summed E-state index contributed by atoms with van der Waals surface area (Å²) in [5.74, 6) is -0.447. The zero-order chi connectivity index (χ0) is 22.0. The average Bonchev–Trinajstić information content (AvgIpc) is 2.91. The van der Waals surface area contributed by atoms with Crippen LogP contribution in [0.25, 0.3) is 5.57 Å². The number of nitrogens with one attached hydrogen (secondary N) is 1. The van der Waals surface area contributed by atoms with Gasteiger partial charge in [-0.05, 0) is 37.6 Å². The van der Waals surface area contributed by atoms with Crippen molar-refractivity contribution in [2.45, 2.75) is 51.5 Å². The molecule has 31 heavy (non-hydrogen) atoms. The SMILES string of the molecule is CC(=O)Nc1ccc(C2=C(N3CCN(C)CC3)C(=O)N(C3CCCCCC3)C2=O)cc1. The van der Waals surface area contributed by atoms with Crippen LogP contribution in [-0.2, 0) is 14.4 Å². The highest BCUT2D eigenvalue weighted by atomic mass is 16.2. The molecule has 0 aromatic heterocycles. The highest BCUT2D eigenvalue weighted by molar-refractivity contribution is 6.35. The molecule has 3 amide bonds. The molecule has 2 aliphatic heterocycles. The van der Waals surface area contributed by atoms with Crippen LogP contribution in [0.3, 0.4) is 0 Å². The summed E-state index contributed by atoms with van der Waals surface area (Å²) < 4.78 is 0. The topological polar surface area (TPSA) is 73.0 Å². The normalized spacial score (nSPS) is 21.6. The second kappa shape index (κ2) is 9.22. The maximum atomic E-state index is 13.6. The summed E-state index contributed by atoms with van der Waals surface area (Å²) in [4.78, 5) is 44.5. The Morgan fingerprint density at radius 3 is 2.10 bits per heavy atom. The number of piperazine rings is 1. The van der Waals surface area contributed by atoms with E-state index in [9.17, 15) is 14.4 Å². The zero-order valence-corrected chi connectivity index (χ0v) is 18.5. The first-order chi connectivity index (χ1) is 15.0. The molecule has 1 aliphatic carbocycles. The van der Waals surface area contributed by atoms with Gasteiger partial charge in [0.05, 0.1) is 5.57 Å². The number of rotatable bonds is 4. The van der Waals surface area contributed by atoms with Crippen molar-refractivity contribution in [3.63, 3.8) is 0 Å². The Bertz CT molecular complexity index is 877. The predicted molar refractivity (Wildman–Crippen MR) is 120 cm³/mol. The van der Waals surface area contributed by atoms with Crippen molar-refractivity contribution in [2.24, 2.45) is 0 Å². The van der Waals surface area contributed by atoms with Crippen LogP contribution in [0.4, 0.5) is 5.69 Å². The average molecular weight is 425 g/mol. The molecule has 0 radical (unpaired) electrons. The molecule has 0 spiro atoms. The van der Waals surface area contributed by atoms with Gasteiger partial charge < -0.3 is 15.1 Å². The number of benzene rings is 1. The number of hydrogen-bond donors (Lipinski definition) is 1. The van der Waals surface area contributed by atoms with Crippen LogP contribution < -0.4 is 5.32 Å². The molecule has 0 unspecified atom stereocenters. The van der Waals surface area contributed by atoms with E-state index in [1.807, 2.05) is 12.1 Å². The molecule has 1 N–H and O–H groups in total. The fourth-order valence-electron chi connectivity index (χ4n) is 4.89. The fourth-order valence-corrected chi connectivity index (χ4v) is 4.89. The minimum Gasteiger partial charge on any atom is -0.364 e. The van der Waals surface area contributed by atoms with Gasteiger partial charge in [-0.1, -0.05) is 37.8 Å². The molecule has 1 saturated heterocycles. The number of amides is 3. The molecular formula is C24H32N4O3. The van der Waals surface area contributed by atoms with Crippen molar-refractivity contribution in [1.82, 2.24) is 14.7 Å². The Balaban J connectivity index is 1.70. The van der Waals surface area contributed by atoms with Crippen LogP contribution >= 0.6 is 0 Å². The molecular weight excluding hydrogens is 392 g/mol. The summed E-state index contributed by atoms with van der Waals surface area (Å²) in [6, 6.07) is 7.23. The number of carbonyl (C=O) groups is 3. The third-order valence-electron chi connectivity index (χ3n) is 6.59. The lowest BCUT2D eigenvalue weighted by Crippen LogP contribution is -2.47. The standard InChI is InChI=1S/C24H32N4O3/c1-17(29)25-19-11-9-18(10-12-19)21-22(27-15-13-26(2)14-16-27)24(31)28(23(21)30)20-7-5-3-4-6-8-20/h9-12,20H,3-8,13-16H2,1-2H3,(H,25,29). The van der Waals surface area contributed by atoms with Crippen LogP contribution in [-0.4, -0.2) is 71.7 Å². The Morgan fingerprint density at radius 1 is 0.903 bits per heavy atom. The summed E-state index contributed by atoms with van der Waals surface area (Å²) in [7, 11) is 2.08. The summed E-state index contributed by atoms with van der Waals surface area (Å²) in [5, 5.41) is 2.76. The van der Waals surface area contributed by atoms with Crippen molar-refractivity contribution in [2.75, 3.05) is 38.5 Å². The van der Waals surface area contributed by atoms with Crippen molar-refractivity contribution < 1.29 is 14.4 Å². The van der Waals surface area contributed by atoms with Crippen molar-refractivity contribution in [3.05, 3.63) is 35.5 Å². The first-order valence-corrected chi connectivity index (χ1v) is 11.4. The molecule has 0 atom stereocenters. The van der Waals surface area contributed by atoms with Crippen LogP contribution in [0.5, 0.6) is 0 Å². The summed E-state index contributed by atoms with van der Waals surface area (Å²) in [6.45, 7) is 4.66. The smallest absolute Gasteiger partial charge is 0.278 e. The third kappa shape index (κ3) is 4.51. The lowest BCUT2D eigenvalue weighted by Gasteiger charge is -2.35. The Morgan fingerprint density at radius 2 is 1.52 bits per heavy atom. The molecule has 1 aromatic carbocycles. The minimum atomic E-state index is -0.168. The van der Waals surface area contributed by atoms with E-state index in [0.29, 0.717) is 17.0 Å². The third-order valence-corrected chi connectivity index (χ3v) is 6.59. The van der Waals surface area contributed by atoms with Gasteiger partial charge in [0.15, 0.2) is 0 Å². The van der Waals surface area contributed by atoms with E-state index in [1.165, 1.54) is 19.8 Å². The van der Waals surface area contributed by atoms with Crippen molar-refractivity contribution >= 4 is 29.0 Å². The highest BCUT2D eigenvalue weighted by Crippen LogP contribution is 2.36. The van der Waals surface area contributed by atoms with Gasteiger partial charge in [-0.2, -0.15) is 0 Å². The lowest BCUT2D eigenvalue weighted by molar-refractivity contribution is -0.140. The van der Waals surface area contributed by atoms with Crippen molar-refractivity contribution in [3.8, 4) is 0 Å². The van der Waals surface area contributed by atoms with Crippen molar-refractivity contribution in [1.29, 1.82) is 0 Å². The summed E-state index contributed by atoms with van der Waals surface area (Å²) in [5.41, 5.74) is 2.47. The second-order valence-electron chi connectivity index (χ2n) is 8.90. The molecule has 2 fully saturated rings. The number of nitrogens with zero attached hydrogens (tertiary/aromatic N) is 3. The molecule has 1 saturated carbocycles. The molecule has 7 nitrogen and oxygen atoms in total. The lowest BCUT2D eigenvalue weighted by atomic mass is 10.0. The van der Waals surface area contributed by atoms with Gasteiger partial charge in [-0.3, -0.25) is 19.3 Å². The summed E-state index contributed by atoms with van der Waals surface area (Å²) >= 11 is 0. The van der Waals surface area contributed by atoms with E-state index < -0.39 is 0 Å². The fraction of sp³-hybridized carbons (Fsp3) is 0.542. The molecule has 166 valence electrons. The van der Waals surface area contributed by atoms with E-state index in [2.05, 4.69) is 22.2 Å². The number of carbonyl (C=O) groups excluding carboxylic acids is 3. The van der Waals surface area contributed by atoms with E-state index in [0.717, 1.165) is 57.4 Å². The zero-order valence-electron chi connectivity index (χ0n) is 18.5. The predicted octanol–water partition coefficient (Wildman–Crippen LogP) is 2.70. The van der Waals surface area contributed by atoms with Gasteiger partial charge in [-0.15, -0.1) is 0 Å². The number of likely N-dealkylation sites (N-methyl/N-ethyl adjacent to an activating group) is 1. The molecule has 4 rings (SSSR count). The van der Waals surface area contributed by atoms with Crippen LogP contribution in [0.1, 0.15) is 51.0 Å². The van der Waals surface area contributed by atoms with Gasteiger partial charge in [-0.25, -0.2) is 0 Å². The molecule has 0 bridgehead atoms. The Hall–Kier alpha value is -2.67. The van der Waals surface area contributed by atoms with E-state index in [-0.39, 0.29) is 23.8 Å². The summed E-state index contributed by atoms with van der Waals surface area (Å²) in [6.07, 6.45) is 6.25. The highest BCUT2D eigenvalue weighted by Gasteiger charge is 2.45. The van der Waals surface area contributed by atoms with Gasteiger partial charge >= 0.3 is 0 Å². The second-order valence-corrected chi connectivity index (χ2v) is 8.90. The quantitative estimate of drug-likeness (QED) is 0.594. The van der Waals surface area contributed by atoms with E-state index in [4.69, 9.17) is 0 Å². The Labute approximate surface area is 184 Å². The molecule has 2 heterocycles. The van der Waals surface area contributed by atoms with E-state index in [1.54, 1.807) is 17.0 Å². The maximum Gasteiger partial charge on any atom is 0.278 e. The van der Waals surface area contributed by atoms with E-state index >= 15 is 0 Å². The maximum absolute atomic E-state index is 13.6. The molecule has 1 aromatic rings. The first-order valence-electron chi connectivity index (χ1n) is 11.4. The van der Waals surface area contributed by atoms with Crippen LogP contribution in [0.2, 0.25) is 0 Å². The first kappa shape index (κ1) is 21.6. The molecule has 7 heteroatoms. The van der Waals surface area contributed by atoms with Gasteiger partial charge in [0.25, 0.3) is 11.8 Å². The molecule has 3 aliphatic rings. The Kier molecular flexibility index (Phi) is 6.41.